The molecule has 1 N–H and O–H groups in total. The lowest BCUT2D eigenvalue weighted by molar-refractivity contribution is -0.137. The Labute approximate surface area is 123 Å². The first-order valence-corrected chi connectivity index (χ1v) is 8.19. The van der Waals surface area contributed by atoms with Gasteiger partial charge in [0.2, 0.25) is 10.0 Å². The standard InChI is InChI=1S/C12H19N3O5S/c1-10-8-15(4-2-6-20-10)21(18,19)11-7-13-14(9-11)5-3-12(16)17/h7,9-10H,2-6,8H2,1H3,(H,16,17). The van der Waals surface area contributed by atoms with Crippen LogP contribution in [0.3, 0.4) is 0 Å². The summed E-state index contributed by atoms with van der Waals surface area (Å²) in [4.78, 5) is 10.6. The fourth-order valence-corrected chi connectivity index (χ4v) is 3.64. The zero-order chi connectivity index (χ0) is 15.5. The topological polar surface area (TPSA) is 102 Å². The van der Waals surface area contributed by atoms with E-state index in [-0.39, 0.29) is 24.0 Å². The van der Waals surface area contributed by atoms with Gasteiger partial charge in [0.05, 0.1) is 25.3 Å². The van der Waals surface area contributed by atoms with Crippen molar-refractivity contribution in [3.8, 4) is 0 Å². The molecule has 0 aromatic carbocycles. The van der Waals surface area contributed by atoms with Crippen LogP contribution in [0.4, 0.5) is 0 Å². The van der Waals surface area contributed by atoms with E-state index < -0.39 is 16.0 Å². The molecule has 0 spiro atoms. The second-order valence-corrected chi connectivity index (χ2v) is 6.92. The Kier molecular flexibility index (Phi) is 4.96. The number of hydrogen-bond acceptors (Lipinski definition) is 5. The number of nitrogens with zero attached hydrogens (tertiary/aromatic N) is 3. The molecule has 0 aliphatic carbocycles. The number of carbonyl (C=O) groups is 1. The van der Waals surface area contributed by atoms with Crippen molar-refractivity contribution in [1.82, 2.24) is 14.1 Å². The summed E-state index contributed by atoms with van der Waals surface area (Å²) >= 11 is 0. The third-order valence-corrected chi connectivity index (χ3v) is 5.04. The van der Waals surface area contributed by atoms with Crippen LogP contribution in [0.5, 0.6) is 0 Å². The highest BCUT2D eigenvalue weighted by atomic mass is 32.2. The summed E-state index contributed by atoms with van der Waals surface area (Å²) in [7, 11) is -3.61. The summed E-state index contributed by atoms with van der Waals surface area (Å²) in [6.07, 6.45) is 3.03. The summed E-state index contributed by atoms with van der Waals surface area (Å²) in [6.45, 7) is 3.25. The van der Waals surface area contributed by atoms with Gasteiger partial charge in [0.15, 0.2) is 0 Å². The summed E-state index contributed by atoms with van der Waals surface area (Å²) < 4.78 is 33.2. The van der Waals surface area contributed by atoms with Gasteiger partial charge in [-0.25, -0.2) is 8.42 Å². The van der Waals surface area contributed by atoms with Gasteiger partial charge >= 0.3 is 5.97 Å². The summed E-state index contributed by atoms with van der Waals surface area (Å²) in [5.41, 5.74) is 0. The molecule has 1 fully saturated rings. The second-order valence-electron chi connectivity index (χ2n) is 4.98. The lowest BCUT2D eigenvalue weighted by Gasteiger charge is -2.20. The van der Waals surface area contributed by atoms with E-state index in [4.69, 9.17) is 9.84 Å². The molecular formula is C12H19N3O5S. The predicted molar refractivity (Wildman–Crippen MR) is 73.3 cm³/mol. The first kappa shape index (κ1) is 15.9. The Balaban J connectivity index is 2.13. The van der Waals surface area contributed by atoms with Crippen molar-refractivity contribution in [3.05, 3.63) is 12.4 Å². The van der Waals surface area contributed by atoms with Gasteiger partial charge in [-0.3, -0.25) is 9.48 Å². The van der Waals surface area contributed by atoms with Gasteiger partial charge in [-0.2, -0.15) is 9.40 Å². The average Bonchev–Trinajstić information content (AvgIpc) is 2.79. The van der Waals surface area contributed by atoms with Crippen LogP contribution in [0.2, 0.25) is 0 Å². The number of carboxylic acid groups (broad SMARTS) is 1. The van der Waals surface area contributed by atoms with E-state index in [0.717, 1.165) is 0 Å². The molecule has 9 heteroatoms. The van der Waals surface area contributed by atoms with Crippen LogP contribution in [0.1, 0.15) is 19.8 Å². The molecule has 1 aliphatic rings. The molecule has 0 bridgehead atoms. The van der Waals surface area contributed by atoms with Crippen molar-refractivity contribution in [2.24, 2.45) is 0 Å². The van der Waals surface area contributed by atoms with Crippen molar-refractivity contribution in [2.75, 3.05) is 19.7 Å². The molecule has 0 radical (unpaired) electrons. The maximum Gasteiger partial charge on any atom is 0.305 e. The minimum atomic E-state index is -3.61. The minimum absolute atomic E-state index is 0.0852. The van der Waals surface area contributed by atoms with Gasteiger partial charge in [-0.05, 0) is 13.3 Å². The number of aromatic nitrogens is 2. The van der Waals surface area contributed by atoms with E-state index in [1.807, 2.05) is 6.92 Å². The Morgan fingerprint density at radius 3 is 3.05 bits per heavy atom. The van der Waals surface area contributed by atoms with Crippen molar-refractivity contribution >= 4 is 16.0 Å². The fraction of sp³-hybridized carbons (Fsp3) is 0.667. The van der Waals surface area contributed by atoms with Gasteiger partial charge < -0.3 is 9.84 Å². The van der Waals surface area contributed by atoms with E-state index in [2.05, 4.69) is 5.10 Å². The maximum atomic E-state index is 12.5. The molecule has 0 amide bonds. The first-order chi connectivity index (χ1) is 9.89. The van der Waals surface area contributed by atoms with Gasteiger partial charge in [-0.1, -0.05) is 0 Å². The summed E-state index contributed by atoms with van der Waals surface area (Å²) in [5, 5.41) is 12.5. The molecular weight excluding hydrogens is 298 g/mol. The van der Waals surface area contributed by atoms with Crippen LogP contribution in [0.25, 0.3) is 0 Å². The molecule has 8 nitrogen and oxygen atoms in total. The van der Waals surface area contributed by atoms with Gasteiger partial charge in [0, 0.05) is 25.9 Å². The number of sulfonamides is 1. The van der Waals surface area contributed by atoms with Gasteiger partial charge in [-0.15, -0.1) is 0 Å². The van der Waals surface area contributed by atoms with E-state index in [1.54, 1.807) is 0 Å². The number of hydrogen-bond donors (Lipinski definition) is 1. The van der Waals surface area contributed by atoms with Crippen LogP contribution >= 0.6 is 0 Å². The molecule has 1 aromatic heterocycles. The fourth-order valence-electron chi connectivity index (χ4n) is 2.13. The van der Waals surface area contributed by atoms with Crippen LogP contribution in [0, 0.1) is 0 Å². The van der Waals surface area contributed by atoms with E-state index in [0.29, 0.717) is 26.1 Å². The normalized spacial score (nSPS) is 21.1. The summed E-state index contributed by atoms with van der Waals surface area (Å²) in [5.74, 6) is -0.951. The third-order valence-electron chi connectivity index (χ3n) is 3.22. The predicted octanol–water partition coefficient (Wildman–Crippen LogP) is 0.157. The minimum Gasteiger partial charge on any atom is -0.481 e. The number of aliphatic carboxylic acids is 1. The summed E-state index contributed by atoms with van der Waals surface area (Å²) in [6, 6.07) is 0. The molecule has 1 aliphatic heterocycles. The molecule has 1 atom stereocenters. The zero-order valence-corrected chi connectivity index (χ0v) is 12.6. The van der Waals surface area contributed by atoms with Gasteiger partial charge in [0.25, 0.3) is 0 Å². The second kappa shape index (κ2) is 6.54. The molecule has 0 saturated carbocycles. The Bertz CT molecular complexity index is 598. The highest BCUT2D eigenvalue weighted by Crippen LogP contribution is 2.18. The van der Waals surface area contributed by atoms with Crippen LogP contribution in [0.15, 0.2) is 17.3 Å². The molecule has 2 rings (SSSR count). The Morgan fingerprint density at radius 2 is 2.33 bits per heavy atom. The highest BCUT2D eigenvalue weighted by molar-refractivity contribution is 7.89. The number of ether oxygens (including phenoxy) is 1. The third kappa shape index (κ3) is 4.02. The molecule has 118 valence electrons. The van der Waals surface area contributed by atoms with E-state index >= 15 is 0 Å². The smallest absolute Gasteiger partial charge is 0.305 e. The molecule has 1 unspecified atom stereocenters. The van der Waals surface area contributed by atoms with Crippen molar-refractivity contribution in [3.63, 3.8) is 0 Å². The average molecular weight is 317 g/mol. The monoisotopic (exact) mass is 317 g/mol. The van der Waals surface area contributed by atoms with E-state index in [1.165, 1.54) is 21.4 Å². The first-order valence-electron chi connectivity index (χ1n) is 6.75. The van der Waals surface area contributed by atoms with E-state index in [9.17, 15) is 13.2 Å². The lowest BCUT2D eigenvalue weighted by atomic mass is 10.4. The Morgan fingerprint density at radius 1 is 1.57 bits per heavy atom. The lowest BCUT2D eigenvalue weighted by Crippen LogP contribution is -2.35. The van der Waals surface area contributed by atoms with Gasteiger partial charge in [0.1, 0.15) is 4.90 Å². The van der Waals surface area contributed by atoms with Crippen LogP contribution in [-0.2, 0) is 26.1 Å². The van der Waals surface area contributed by atoms with Crippen LogP contribution < -0.4 is 0 Å². The maximum absolute atomic E-state index is 12.5. The number of aryl methyl sites for hydroxylation is 1. The van der Waals surface area contributed by atoms with Crippen LogP contribution in [-0.4, -0.2) is 59.4 Å². The van der Waals surface area contributed by atoms with Crippen molar-refractivity contribution in [1.29, 1.82) is 0 Å². The van der Waals surface area contributed by atoms with Crippen molar-refractivity contribution in [2.45, 2.75) is 37.3 Å². The van der Waals surface area contributed by atoms with Crippen molar-refractivity contribution < 1.29 is 23.1 Å². The largest absolute Gasteiger partial charge is 0.481 e. The number of rotatable bonds is 5. The zero-order valence-electron chi connectivity index (χ0n) is 11.8. The SMILES string of the molecule is CC1CN(S(=O)(=O)c2cnn(CCC(=O)O)c2)CCCO1. The quantitative estimate of drug-likeness (QED) is 0.830. The molecule has 1 saturated heterocycles. The Hall–Kier alpha value is -1.45. The molecule has 2 heterocycles. The molecule has 21 heavy (non-hydrogen) atoms. The highest BCUT2D eigenvalue weighted by Gasteiger charge is 2.28. The molecule has 1 aromatic rings. The number of carboxylic acids is 1.